The summed E-state index contributed by atoms with van der Waals surface area (Å²) in [6.07, 6.45) is 10.8. The summed E-state index contributed by atoms with van der Waals surface area (Å²) in [6, 6.07) is 45.4. The zero-order chi connectivity index (χ0) is 31.9. The molecule has 0 aliphatic heterocycles. The van der Waals surface area contributed by atoms with Gasteiger partial charge in [0.05, 0.1) is 0 Å². The molecule has 45 heavy (non-hydrogen) atoms. The Morgan fingerprint density at radius 3 is 1.33 bits per heavy atom. The van der Waals surface area contributed by atoms with Gasteiger partial charge in [-0.1, -0.05) is 0 Å². The van der Waals surface area contributed by atoms with Crippen molar-refractivity contribution in [3.8, 4) is 0 Å². The van der Waals surface area contributed by atoms with Gasteiger partial charge in [-0.05, 0) is 13.1 Å². The van der Waals surface area contributed by atoms with Crippen LogP contribution in [0.25, 0.3) is 0 Å². The van der Waals surface area contributed by atoms with E-state index in [9.17, 15) is 0 Å². The van der Waals surface area contributed by atoms with Gasteiger partial charge in [0.1, 0.15) is 0 Å². The molecule has 3 nitrogen and oxygen atoms in total. The Morgan fingerprint density at radius 2 is 0.911 bits per heavy atom. The molecule has 0 unspecified atom stereocenters. The molecule has 6 heteroatoms. The molecule has 0 atom stereocenters. The second kappa shape index (κ2) is 18.4. The molecular weight excluding hydrogens is 652 g/mol. The number of hydrogen-bond donors (Lipinski definition) is 2. The topological polar surface area (TPSA) is 52.0 Å². The molecule has 0 aliphatic rings. The summed E-state index contributed by atoms with van der Waals surface area (Å²) >= 11 is 4.41. The summed E-state index contributed by atoms with van der Waals surface area (Å²) in [5, 5.41) is 6.06. The Balaban J connectivity index is 1.55. The van der Waals surface area contributed by atoms with E-state index in [1.54, 1.807) is 10.6 Å². The molecule has 0 aliphatic carbocycles. The second-order valence-corrected chi connectivity index (χ2v) is 24.0. The first kappa shape index (κ1) is 35.9. The SMILES string of the molecule is C[N+](CCCN)(CCCN)CCCC[P+](CCCC[PH](Br)(c1ccccc1)c1ccccc1)(c1ccccc1)c1ccccc1. The predicted octanol–water partition coefficient (Wildman–Crippen LogP) is 7.07. The van der Waals surface area contributed by atoms with E-state index in [1.165, 1.54) is 61.3 Å². The van der Waals surface area contributed by atoms with Crippen LogP contribution in [0.2, 0.25) is 0 Å². The number of unbranched alkanes of at least 4 members (excludes halogenated alkanes) is 2. The summed E-state index contributed by atoms with van der Waals surface area (Å²) in [6.45, 7) is 5.03. The van der Waals surface area contributed by atoms with Crippen LogP contribution in [0.15, 0.2) is 121 Å². The summed E-state index contributed by atoms with van der Waals surface area (Å²) in [5.74, 6) is -2.03. The van der Waals surface area contributed by atoms with Gasteiger partial charge in [-0.25, -0.2) is 0 Å². The van der Waals surface area contributed by atoms with Crippen LogP contribution in [0.1, 0.15) is 38.5 Å². The van der Waals surface area contributed by atoms with Crippen molar-refractivity contribution in [3.63, 3.8) is 0 Å². The van der Waals surface area contributed by atoms with Crippen molar-refractivity contribution in [2.24, 2.45) is 11.5 Å². The number of nitrogens with zero attached hydrogens (tertiary/aromatic N) is 1. The molecule has 0 radical (unpaired) electrons. The van der Waals surface area contributed by atoms with Crippen molar-refractivity contribution >= 4 is 49.9 Å². The van der Waals surface area contributed by atoms with Crippen LogP contribution in [0, 0.1) is 0 Å². The zero-order valence-corrected chi connectivity index (χ0v) is 30.9. The molecule has 4 N–H and O–H groups in total. The van der Waals surface area contributed by atoms with Gasteiger partial charge < -0.3 is 11.5 Å². The fraction of sp³-hybridized carbons (Fsp3) is 0.385. The average Bonchev–Trinajstić information content (AvgIpc) is 3.11. The second-order valence-electron chi connectivity index (χ2n) is 12.9. The minimum atomic E-state index is -2.03. The standard InChI is InChI=1S/C39H56BrN3P2/c1-43(31-18-28-41,32-19-29-42)30-14-15-33-44(36-20-6-2-7-21-36,37-22-8-3-9-23-37)34-16-17-35-45(40,38-24-10-4-11-25-38)39-26-12-5-13-27-39/h2-13,20-27,45H,14-19,28-35,41-42H2,1H3/q+2. The van der Waals surface area contributed by atoms with Gasteiger partial charge in [-0.15, -0.1) is 0 Å². The van der Waals surface area contributed by atoms with Crippen LogP contribution in [0.3, 0.4) is 0 Å². The Labute approximate surface area is 282 Å². The van der Waals surface area contributed by atoms with Gasteiger partial charge in [0.2, 0.25) is 0 Å². The molecule has 0 heterocycles. The first-order chi connectivity index (χ1) is 22.0. The van der Waals surface area contributed by atoms with E-state index in [0.29, 0.717) is 0 Å². The van der Waals surface area contributed by atoms with E-state index in [2.05, 4.69) is 144 Å². The third-order valence-corrected chi connectivity index (χ3v) is 21.8. The minimum absolute atomic E-state index is 0.764. The average molecular weight is 709 g/mol. The van der Waals surface area contributed by atoms with Gasteiger partial charge in [0, 0.05) is 0 Å². The van der Waals surface area contributed by atoms with Crippen molar-refractivity contribution in [1.82, 2.24) is 0 Å². The van der Waals surface area contributed by atoms with Gasteiger partial charge in [0.25, 0.3) is 0 Å². The van der Waals surface area contributed by atoms with Gasteiger partial charge in [0.15, 0.2) is 0 Å². The molecule has 0 saturated carbocycles. The third kappa shape index (κ3) is 10.0. The Bertz CT molecular complexity index is 1270. The maximum absolute atomic E-state index is 5.93. The molecule has 4 rings (SSSR count). The monoisotopic (exact) mass is 707 g/mol. The predicted molar refractivity (Wildman–Crippen MR) is 210 cm³/mol. The molecule has 0 aromatic heterocycles. The van der Waals surface area contributed by atoms with Crippen molar-refractivity contribution in [2.45, 2.75) is 38.5 Å². The van der Waals surface area contributed by atoms with Crippen LogP contribution in [-0.2, 0) is 0 Å². The third-order valence-electron chi connectivity index (χ3n) is 9.57. The van der Waals surface area contributed by atoms with Gasteiger partial charge in [-0.2, -0.15) is 0 Å². The molecule has 4 aromatic rings. The van der Waals surface area contributed by atoms with Gasteiger partial charge in [-0.3, -0.25) is 0 Å². The van der Waals surface area contributed by atoms with Crippen molar-refractivity contribution in [2.75, 3.05) is 58.3 Å². The van der Waals surface area contributed by atoms with Crippen molar-refractivity contribution in [3.05, 3.63) is 121 Å². The molecule has 0 spiro atoms. The fourth-order valence-electron chi connectivity index (χ4n) is 6.97. The van der Waals surface area contributed by atoms with Crippen LogP contribution in [0.4, 0.5) is 0 Å². The number of quaternary nitrogens is 1. The molecule has 4 aromatic carbocycles. The van der Waals surface area contributed by atoms with Crippen LogP contribution in [-0.4, -0.2) is 62.7 Å². The molecule has 0 amide bonds. The molecule has 242 valence electrons. The summed E-state index contributed by atoms with van der Waals surface area (Å²) in [4.78, 5) is 0. The molecular formula is C39H56BrN3P2+2. The van der Waals surface area contributed by atoms with Crippen molar-refractivity contribution in [1.29, 1.82) is 0 Å². The number of nitrogens with two attached hydrogens (primary N) is 2. The summed E-state index contributed by atoms with van der Waals surface area (Å²) < 4.78 is 1.09. The zero-order valence-electron chi connectivity index (χ0n) is 27.4. The van der Waals surface area contributed by atoms with Gasteiger partial charge >= 0.3 is 259 Å². The molecule has 0 bridgehead atoms. The maximum atomic E-state index is 5.93. The first-order valence-electron chi connectivity index (χ1n) is 17.0. The van der Waals surface area contributed by atoms with Crippen molar-refractivity contribution < 1.29 is 4.48 Å². The number of hydrogen-bond acceptors (Lipinski definition) is 2. The number of halogens is 1. The Morgan fingerprint density at radius 1 is 0.533 bits per heavy atom. The van der Waals surface area contributed by atoms with E-state index in [0.717, 1.165) is 43.5 Å². The quantitative estimate of drug-likeness (QED) is 0.0587. The Hall–Kier alpha value is -1.90. The molecule has 0 saturated heterocycles. The van der Waals surface area contributed by atoms with E-state index in [4.69, 9.17) is 11.5 Å². The van der Waals surface area contributed by atoms with E-state index in [-0.39, 0.29) is 0 Å². The van der Waals surface area contributed by atoms with E-state index < -0.39 is 13.2 Å². The molecule has 0 fully saturated rings. The first-order valence-corrected chi connectivity index (χ1v) is 23.6. The van der Waals surface area contributed by atoms with Crippen LogP contribution < -0.4 is 32.7 Å². The summed E-state index contributed by atoms with van der Waals surface area (Å²) in [5.41, 5.74) is 11.9. The Kier molecular flexibility index (Phi) is 14.7. The summed E-state index contributed by atoms with van der Waals surface area (Å²) in [7, 11) is 0.817. The fourth-order valence-corrected chi connectivity index (χ4v) is 17.1. The normalized spacial score (nSPS) is 12.7. The van der Waals surface area contributed by atoms with E-state index in [1.807, 2.05) is 0 Å². The van der Waals surface area contributed by atoms with Crippen LogP contribution in [0.5, 0.6) is 0 Å². The number of benzene rings is 4. The van der Waals surface area contributed by atoms with E-state index >= 15 is 0 Å². The van der Waals surface area contributed by atoms with Crippen LogP contribution >= 0.6 is 28.7 Å². The number of rotatable bonds is 20.